The number of ether oxygens (including phenoxy) is 1. The smallest absolute Gasteiger partial charge is 0.139 e. The van der Waals surface area contributed by atoms with E-state index in [4.69, 9.17) is 16.3 Å². The Labute approximate surface area is 141 Å². The Balaban J connectivity index is 0.00000144. The molecule has 1 aromatic heterocycles. The molecule has 0 atom stereocenters. The van der Waals surface area contributed by atoms with Crippen LogP contribution in [0.25, 0.3) is 5.69 Å². The molecule has 118 valence electrons. The van der Waals surface area contributed by atoms with Gasteiger partial charge in [-0.2, -0.15) is 0 Å². The molecule has 0 amide bonds. The van der Waals surface area contributed by atoms with Gasteiger partial charge in [0.1, 0.15) is 5.75 Å². The van der Waals surface area contributed by atoms with Crippen LogP contribution in [-0.2, 0) is 5.54 Å². The molecule has 0 saturated carbocycles. The van der Waals surface area contributed by atoms with Crippen LogP contribution in [0.2, 0.25) is 5.02 Å². The zero-order valence-electron chi connectivity index (χ0n) is 12.4. The monoisotopic (exact) mass is 339 g/mol. The minimum atomic E-state index is 0. The molecule has 0 bridgehead atoms. The highest BCUT2D eigenvalue weighted by Gasteiger charge is 2.40. The lowest BCUT2D eigenvalue weighted by Crippen LogP contribution is -2.48. The van der Waals surface area contributed by atoms with Crippen LogP contribution in [0, 0.1) is 0 Å². The Morgan fingerprint density at radius 1 is 1.27 bits per heavy atom. The molecule has 1 aromatic carbocycles. The van der Waals surface area contributed by atoms with Crippen molar-refractivity contribution in [3.05, 3.63) is 41.2 Å². The molecule has 1 spiro atoms. The van der Waals surface area contributed by atoms with Gasteiger partial charge in [0.2, 0.25) is 0 Å². The highest BCUT2D eigenvalue weighted by atomic mass is 35.5. The van der Waals surface area contributed by atoms with E-state index in [2.05, 4.69) is 33.5 Å². The molecule has 0 aliphatic carbocycles. The van der Waals surface area contributed by atoms with E-state index in [-0.39, 0.29) is 17.9 Å². The predicted octanol–water partition coefficient (Wildman–Crippen LogP) is 3.57. The van der Waals surface area contributed by atoms with Gasteiger partial charge in [-0.25, -0.2) is 0 Å². The molecule has 1 fully saturated rings. The van der Waals surface area contributed by atoms with Gasteiger partial charge in [0.25, 0.3) is 0 Å². The first kappa shape index (κ1) is 15.5. The first-order chi connectivity index (χ1) is 10.2. The summed E-state index contributed by atoms with van der Waals surface area (Å²) in [6, 6.07) is 8.29. The highest BCUT2D eigenvalue weighted by molar-refractivity contribution is 6.32. The molecule has 22 heavy (non-hydrogen) atoms. The molecule has 2 N–H and O–H groups in total. The van der Waals surface area contributed by atoms with Crippen molar-refractivity contribution in [2.24, 2.45) is 0 Å². The largest absolute Gasteiger partial charge is 0.495 e. The number of nitrogens with zero attached hydrogens (tertiary/aromatic N) is 1. The first-order valence-corrected chi connectivity index (χ1v) is 7.66. The van der Waals surface area contributed by atoms with Crippen LogP contribution in [0.5, 0.6) is 5.75 Å². The minimum absolute atomic E-state index is 0. The van der Waals surface area contributed by atoms with Crippen LogP contribution in [0.15, 0.2) is 30.5 Å². The molecular formula is C16H19Cl2N3O. The van der Waals surface area contributed by atoms with E-state index in [1.165, 1.54) is 5.69 Å². The van der Waals surface area contributed by atoms with E-state index >= 15 is 0 Å². The van der Waals surface area contributed by atoms with Crippen LogP contribution in [-0.4, -0.2) is 24.8 Å². The Hall–Kier alpha value is -1.36. The number of hydrogen-bond donors (Lipinski definition) is 2. The summed E-state index contributed by atoms with van der Waals surface area (Å²) in [5.74, 6) is 0.711. The Morgan fingerprint density at radius 2 is 2.05 bits per heavy atom. The molecule has 2 aromatic rings. The van der Waals surface area contributed by atoms with Crippen molar-refractivity contribution in [2.75, 3.05) is 25.5 Å². The van der Waals surface area contributed by atoms with Crippen molar-refractivity contribution < 1.29 is 4.74 Å². The van der Waals surface area contributed by atoms with Gasteiger partial charge in [-0.15, -0.1) is 12.4 Å². The van der Waals surface area contributed by atoms with Crippen LogP contribution >= 0.6 is 24.0 Å². The average Bonchev–Trinajstić information content (AvgIpc) is 3.00. The van der Waals surface area contributed by atoms with E-state index < -0.39 is 0 Å². The molecule has 1 saturated heterocycles. The Kier molecular flexibility index (Phi) is 4.02. The molecule has 0 unspecified atom stereocenters. The van der Waals surface area contributed by atoms with Crippen LogP contribution in [0.4, 0.5) is 5.69 Å². The lowest BCUT2D eigenvalue weighted by Gasteiger charge is -2.43. The first-order valence-electron chi connectivity index (χ1n) is 7.28. The molecule has 2 aliphatic heterocycles. The summed E-state index contributed by atoms with van der Waals surface area (Å²) in [6.45, 7) is 2.05. The van der Waals surface area contributed by atoms with Crippen molar-refractivity contribution in [2.45, 2.75) is 18.4 Å². The summed E-state index contributed by atoms with van der Waals surface area (Å²) in [6.07, 6.45) is 4.25. The number of halogens is 2. The van der Waals surface area contributed by atoms with Gasteiger partial charge in [0, 0.05) is 18.0 Å². The lowest BCUT2D eigenvalue weighted by atomic mass is 9.83. The number of benzene rings is 1. The van der Waals surface area contributed by atoms with Gasteiger partial charge >= 0.3 is 0 Å². The van der Waals surface area contributed by atoms with Gasteiger partial charge in [-0.05, 0) is 44.1 Å². The summed E-state index contributed by atoms with van der Waals surface area (Å²) in [5, 5.41) is 7.83. The number of fused-ring (bicyclic) bond motifs is 4. The summed E-state index contributed by atoms with van der Waals surface area (Å²) in [7, 11) is 1.65. The third kappa shape index (κ3) is 2.18. The maximum absolute atomic E-state index is 6.30. The molecule has 4 nitrogen and oxygen atoms in total. The van der Waals surface area contributed by atoms with Gasteiger partial charge in [0.15, 0.2) is 0 Å². The van der Waals surface area contributed by atoms with Crippen LogP contribution in [0.3, 0.4) is 0 Å². The SMILES string of the molecule is COc1cc2c(cc1Cl)-n1cccc1C1(CCNCC1)N2.Cl. The topological polar surface area (TPSA) is 38.2 Å². The van der Waals surface area contributed by atoms with E-state index in [0.717, 1.165) is 37.3 Å². The van der Waals surface area contributed by atoms with E-state index in [1.54, 1.807) is 7.11 Å². The average molecular weight is 340 g/mol. The van der Waals surface area contributed by atoms with Crippen molar-refractivity contribution in [1.29, 1.82) is 0 Å². The second-order valence-electron chi connectivity index (χ2n) is 5.72. The molecule has 3 heterocycles. The highest BCUT2D eigenvalue weighted by Crippen LogP contribution is 2.45. The van der Waals surface area contributed by atoms with Crippen molar-refractivity contribution >= 4 is 29.7 Å². The van der Waals surface area contributed by atoms with Gasteiger partial charge in [-0.3, -0.25) is 0 Å². The van der Waals surface area contributed by atoms with Crippen molar-refractivity contribution in [1.82, 2.24) is 9.88 Å². The van der Waals surface area contributed by atoms with Crippen molar-refractivity contribution in [3.8, 4) is 11.4 Å². The summed E-state index contributed by atoms with van der Waals surface area (Å²) < 4.78 is 7.62. The molecular weight excluding hydrogens is 321 g/mol. The van der Waals surface area contributed by atoms with E-state index in [0.29, 0.717) is 10.8 Å². The van der Waals surface area contributed by atoms with Crippen LogP contribution < -0.4 is 15.4 Å². The fraction of sp³-hybridized carbons (Fsp3) is 0.375. The molecule has 6 heteroatoms. The fourth-order valence-corrected chi connectivity index (χ4v) is 3.77. The fourth-order valence-electron chi connectivity index (χ4n) is 3.54. The zero-order valence-corrected chi connectivity index (χ0v) is 13.9. The number of methoxy groups -OCH3 is 1. The molecule has 4 rings (SSSR count). The second kappa shape index (κ2) is 5.69. The Morgan fingerprint density at radius 3 is 2.77 bits per heavy atom. The summed E-state index contributed by atoms with van der Waals surface area (Å²) in [5.41, 5.74) is 3.49. The second-order valence-corrected chi connectivity index (χ2v) is 6.13. The van der Waals surface area contributed by atoms with E-state index in [9.17, 15) is 0 Å². The zero-order chi connectivity index (χ0) is 14.4. The number of hydrogen-bond acceptors (Lipinski definition) is 3. The number of piperidine rings is 1. The third-order valence-corrected chi connectivity index (χ3v) is 4.90. The minimum Gasteiger partial charge on any atom is -0.495 e. The lowest BCUT2D eigenvalue weighted by molar-refractivity contribution is 0.330. The van der Waals surface area contributed by atoms with E-state index in [1.807, 2.05) is 12.1 Å². The standard InChI is InChI=1S/C16H18ClN3O.ClH/c1-21-14-10-12-13(9-11(14)17)20-8-2-3-15(20)16(19-12)4-6-18-7-5-16;/h2-3,8-10,18-19H,4-7H2,1H3;1H. The third-order valence-electron chi connectivity index (χ3n) is 4.60. The van der Waals surface area contributed by atoms with Gasteiger partial charge in [-0.1, -0.05) is 11.6 Å². The van der Waals surface area contributed by atoms with Crippen LogP contribution in [0.1, 0.15) is 18.5 Å². The number of aromatic nitrogens is 1. The predicted molar refractivity (Wildman–Crippen MR) is 92.0 cm³/mol. The van der Waals surface area contributed by atoms with Gasteiger partial charge in [0.05, 0.1) is 29.0 Å². The molecule has 0 radical (unpaired) electrons. The quantitative estimate of drug-likeness (QED) is 0.834. The molecule has 2 aliphatic rings. The normalized spacial score (nSPS) is 17.9. The number of nitrogens with one attached hydrogen (secondary N) is 2. The summed E-state index contributed by atoms with van der Waals surface area (Å²) in [4.78, 5) is 0. The van der Waals surface area contributed by atoms with Crippen molar-refractivity contribution in [3.63, 3.8) is 0 Å². The Bertz CT molecular complexity index is 693. The number of anilines is 1. The summed E-state index contributed by atoms with van der Waals surface area (Å²) >= 11 is 6.30. The number of rotatable bonds is 1. The van der Waals surface area contributed by atoms with Gasteiger partial charge < -0.3 is 19.9 Å². The maximum Gasteiger partial charge on any atom is 0.139 e. The maximum atomic E-state index is 6.30.